The first-order chi connectivity index (χ1) is 7.84. The van der Waals surface area contributed by atoms with Gasteiger partial charge in [0, 0.05) is 11.7 Å². The fourth-order valence-electron chi connectivity index (χ4n) is 1.21. The Morgan fingerprint density at radius 1 is 1.35 bits per heavy atom. The van der Waals surface area contributed by atoms with Crippen molar-refractivity contribution in [3.63, 3.8) is 0 Å². The highest BCUT2D eigenvalue weighted by Crippen LogP contribution is 2.09. The average molecular weight is 263 g/mol. The molecule has 0 saturated carbocycles. The summed E-state index contributed by atoms with van der Waals surface area (Å²) < 4.78 is 4.49. The third-order valence-corrected chi connectivity index (χ3v) is 2.84. The Kier molecular flexibility index (Phi) is 6.64. The van der Waals surface area contributed by atoms with Crippen LogP contribution in [-0.2, 0) is 19.1 Å². The van der Waals surface area contributed by atoms with Gasteiger partial charge in [0.25, 0.3) is 0 Å². The number of nitrogens with zero attached hydrogens (tertiary/aromatic N) is 1. The predicted molar refractivity (Wildman–Crippen MR) is 63.8 cm³/mol. The molecule has 0 spiro atoms. The monoisotopic (exact) mass is 263 g/mol. The lowest BCUT2D eigenvalue weighted by Crippen LogP contribution is -2.48. The zero-order chi connectivity index (χ0) is 13.6. The molecule has 0 aliphatic rings. The molecule has 0 heterocycles. The van der Waals surface area contributed by atoms with Crippen LogP contribution in [0.3, 0.4) is 0 Å². The van der Waals surface area contributed by atoms with Crippen molar-refractivity contribution >= 4 is 30.5 Å². The molecular weight excluding hydrogens is 246 g/mol. The Labute approximate surface area is 105 Å². The summed E-state index contributed by atoms with van der Waals surface area (Å²) in [6.07, 6.45) is 0. The number of aliphatic carboxylic acids is 1. The maximum atomic E-state index is 11.9. The van der Waals surface area contributed by atoms with Gasteiger partial charge in [-0.3, -0.25) is 9.59 Å². The van der Waals surface area contributed by atoms with Crippen molar-refractivity contribution in [3.8, 4) is 0 Å². The number of carboxylic acids is 1. The van der Waals surface area contributed by atoms with Gasteiger partial charge in [-0.15, -0.1) is 0 Å². The highest BCUT2D eigenvalue weighted by atomic mass is 32.1. The van der Waals surface area contributed by atoms with E-state index in [1.54, 1.807) is 6.92 Å². The summed E-state index contributed by atoms with van der Waals surface area (Å²) in [4.78, 5) is 34.9. The summed E-state index contributed by atoms with van der Waals surface area (Å²) in [7, 11) is 1.18. The van der Waals surface area contributed by atoms with Crippen molar-refractivity contribution < 1.29 is 24.2 Å². The second-order valence-electron chi connectivity index (χ2n) is 3.64. The first-order valence-electron chi connectivity index (χ1n) is 5.06. The smallest absolute Gasteiger partial charge is 0.328 e. The average Bonchev–Trinajstić information content (AvgIpc) is 2.31. The van der Waals surface area contributed by atoms with Crippen molar-refractivity contribution in [2.45, 2.75) is 19.9 Å². The summed E-state index contributed by atoms with van der Waals surface area (Å²) in [5.41, 5.74) is 0. The number of thiol groups is 1. The van der Waals surface area contributed by atoms with Gasteiger partial charge in [0.05, 0.1) is 7.11 Å². The van der Waals surface area contributed by atoms with Gasteiger partial charge in [-0.05, 0) is 6.92 Å². The standard InChI is InChI=1S/C10H17NO5S/c1-6(5-17)9(14)11(4-8(12)13)7(2)10(15)16-3/h6-7,17H,4-5H2,1-3H3,(H,12,13)/t6?,7-/m0/s1. The van der Waals surface area contributed by atoms with Crippen LogP contribution in [0.25, 0.3) is 0 Å². The van der Waals surface area contributed by atoms with E-state index in [-0.39, 0.29) is 5.75 Å². The molecule has 0 fully saturated rings. The van der Waals surface area contributed by atoms with E-state index in [1.165, 1.54) is 14.0 Å². The SMILES string of the molecule is COC(=O)[C@H](C)N(CC(=O)O)C(=O)C(C)CS. The van der Waals surface area contributed by atoms with Crippen LogP contribution in [0.5, 0.6) is 0 Å². The second-order valence-corrected chi connectivity index (χ2v) is 4.01. The molecule has 0 aliphatic carbocycles. The van der Waals surface area contributed by atoms with Gasteiger partial charge in [0.1, 0.15) is 12.6 Å². The highest BCUT2D eigenvalue weighted by Gasteiger charge is 2.30. The normalized spacial score (nSPS) is 13.6. The van der Waals surface area contributed by atoms with Gasteiger partial charge < -0.3 is 14.7 Å². The molecule has 0 radical (unpaired) electrons. The summed E-state index contributed by atoms with van der Waals surface area (Å²) in [6.45, 7) is 2.51. The van der Waals surface area contributed by atoms with Gasteiger partial charge in [-0.2, -0.15) is 12.6 Å². The fraction of sp³-hybridized carbons (Fsp3) is 0.700. The molecule has 1 N–H and O–H groups in total. The highest BCUT2D eigenvalue weighted by molar-refractivity contribution is 7.80. The third kappa shape index (κ3) is 4.64. The van der Waals surface area contributed by atoms with E-state index in [4.69, 9.17) is 5.11 Å². The van der Waals surface area contributed by atoms with Crippen LogP contribution in [0, 0.1) is 5.92 Å². The van der Waals surface area contributed by atoms with E-state index in [1.807, 2.05) is 0 Å². The summed E-state index contributed by atoms with van der Waals surface area (Å²) in [5.74, 6) is -2.43. The molecule has 1 unspecified atom stereocenters. The Bertz CT molecular complexity index is 307. The zero-order valence-corrected chi connectivity index (χ0v) is 10.9. The second kappa shape index (κ2) is 7.16. The van der Waals surface area contributed by atoms with Gasteiger partial charge in [-0.1, -0.05) is 6.92 Å². The molecule has 6 nitrogen and oxygen atoms in total. The molecule has 2 atom stereocenters. The Morgan fingerprint density at radius 2 is 1.88 bits per heavy atom. The predicted octanol–water partition coefficient (Wildman–Crippen LogP) is 0.0270. The molecular formula is C10H17NO5S. The van der Waals surface area contributed by atoms with E-state index in [2.05, 4.69) is 17.4 Å². The number of ether oxygens (including phenoxy) is 1. The Hall–Kier alpha value is -1.24. The van der Waals surface area contributed by atoms with Crippen LogP contribution >= 0.6 is 12.6 Å². The molecule has 1 amide bonds. The molecule has 7 heteroatoms. The van der Waals surface area contributed by atoms with Crippen molar-refractivity contribution in [1.82, 2.24) is 4.90 Å². The maximum absolute atomic E-state index is 11.9. The lowest BCUT2D eigenvalue weighted by Gasteiger charge is -2.27. The molecule has 0 aromatic heterocycles. The molecule has 0 aromatic rings. The lowest BCUT2D eigenvalue weighted by molar-refractivity contribution is -0.156. The number of hydrogen-bond acceptors (Lipinski definition) is 5. The van der Waals surface area contributed by atoms with E-state index < -0.39 is 36.4 Å². The molecule has 0 bridgehead atoms. The van der Waals surface area contributed by atoms with E-state index in [0.717, 1.165) is 4.90 Å². The minimum Gasteiger partial charge on any atom is -0.480 e. The number of methoxy groups -OCH3 is 1. The largest absolute Gasteiger partial charge is 0.480 e. The van der Waals surface area contributed by atoms with Crippen molar-refractivity contribution in [2.75, 3.05) is 19.4 Å². The summed E-state index contributed by atoms with van der Waals surface area (Å²) >= 11 is 3.97. The first kappa shape index (κ1) is 15.8. The number of carbonyl (C=O) groups is 3. The van der Waals surface area contributed by atoms with Gasteiger partial charge in [-0.25, -0.2) is 4.79 Å². The number of rotatable bonds is 6. The number of esters is 1. The molecule has 0 aromatic carbocycles. The van der Waals surface area contributed by atoms with Crippen LogP contribution in [0.4, 0.5) is 0 Å². The van der Waals surface area contributed by atoms with Crippen LogP contribution in [0.15, 0.2) is 0 Å². The fourth-order valence-corrected chi connectivity index (χ4v) is 1.37. The third-order valence-electron chi connectivity index (χ3n) is 2.29. The summed E-state index contributed by atoms with van der Waals surface area (Å²) in [6, 6.07) is -0.925. The minimum atomic E-state index is -1.18. The zero-order valence-electron chi connectivity index (χ0n) is 10.0. The molecule has 0 aliphatic heterocycles. The molecule has 0 rings (SSSR count). The van der Waals surface area contributed by atoms with E-state index in [0.29, 0.717) is 0 Å². The lowest BCUT2D eigenvalue weighted by atomic mass is 10.1. The van der Waals surface area contributed by atoms with Crippen molar-refractivity contribution in [2.24, 2.45) is 5.92 Å². The number of carbonyl (C=O) groups excluding carboxylic acids is 2. The van der Waals surface area contributed by atoms with Crippen LogP contribution in [0.1, 0.15) is 13.8 Å². The van der Waals surface area contributed by atoms with E-state index in [9.17, 15) is 14.4 Å². The van der Waals surface area contributed by atoms with E-state index >= 15 is 0 Å². The van der Waals surface area contributed by atoms with Crippen molar-refractivity contribution in [3.05, 3.63) is 0 Å². The number of hydrogen-bond donors (Lipinski definition) is 2. The molecule has 0 saturated heterocycles. The Balaban J connectivity index is 4.92. The van der Waals surface area contributed by atoms with Crippen LogP contribution in [0.2, 0.25) is 0 Å². The topological polar surface area (TPSA) is 83.9 Å². The van der Waals surface area contributed by atoms with Crippen LogP contribution in [-0.4, -0.2) is 53.3 Å². The maximum Gasteiger partial charge on any atom is 0.328 e. The van der Waals surface area contributed by atoms with Crippen LogP contribution < -0.4 is 0 Å². The number of carboxylic acid groups (broad SMARTS) is 1. The van der Waals surface area contributed by atoms with Gasteiger partial charge >= 0.3 is 11.9 Å². The summed E-state index contributed by atoms with van der Waals surface area (Å²) in [5, 5.41) is 8.73. The minimum absolute atomic E-state index is 0.281. The quantitative estimate of drug-likeness (QED) is 0.521. The van der Waals surface area contributed by atoms with Gasteiger partial charge in [0.15, 0.2) is 0 Å². The Morgan fingerprint density at radius 3 is 2.24 bits per heavy atom. The van der Waals surface area contributed by atoms with Gasteiger partial charge in [0.2, 0.25) is 5.91 Å². The number of amides is 1. The molecule has 98 valence electrons. The first-order valence-corrected chi connectivity index (χ1v) is 5.69. The molecule has 17 heavy (non-hydrogen) atoms. The van der Waals surface area contributed by atoms with Crippen molar-refractivity contribution in [1.29, 1.82) is 0 Å².